The lowest BCUT2D eigenvalue weighted by molar-refractivity contribution is -0.137. The van der Waals surface area contributed by atoms with Crippen molar-refractivity contribution in [3.63, 3.8) is 0 Å². The number of alkyl halides is 3. The van der Waals surface area contributed by atoms with Gasteiger partial charge in [-0.25, -0.2) is 13.4 Å². The molecule has 1 N–H and O–H groups in total. The van der Waals surface area contributed by atoms with Gasteiger partial charge in [-0.15, -0.1) is 0 Å². The maximum absolute atomic E-state index is 13.0. The third-order valence-electron chi connectivity index (χ3n) is 6.85. The van der Waals surface area contributed by atoms with E-state index in [1.165, 1.54) is 10.5 Å². The highest BCUT2D eigenvalue weighted by atomic mass is 35.5. The maximum atomic E-state index is 13.0. The van der Waals surface area contributed by atoms with E-state index in [0.717, 1.165) is 47.7 Å². The van der Waals surface area contributed by atoms with Crippen molar-refractivity contribution in [2.45, 2.75) is 36.8 Å². The number of anilines is 1. The van der Waals surface area contributed by atoms with Gasteiger partial charge in [0.2, 0.25) is 10.0 Å². The molecule has 0 bridgehead atoms. The summed E-state index contributed by atoms with van der Waals surface area (Å²) in [5.41, 5.74) is 1.59. The summed E-state index contributed by atoms with van der Waals surface area (Å²) in [6.45, 7) is 1.11. The van der Waals surface area contributed by atoms with E-state index in [9.17, 15) is 21.6 Å². The Morgan fingerprint density at radius 2 is 1.87 bits per heavy atom. The van der Waals surface area contributed by atoms with E-state index in [1.807, 2.05) is 18.2 Å². The molecule has 0 unspecified atom stereocenters. The zero-order chi connectivity index (χ0) is 27.1. The molecule has 0 spiro atoms. The Morgan fingerprint density at radius 3 is 2.53 bits per heavy atom. The molecule has 2 aliphatic rings. The number of nitrogens with one attached hydrogen (secondary N) is 1. The van der Waals surface area contributed by atoms with Crippen LogP contribution in [-0.4, -0.2) is 54.8 Å². The number of hydrogen-bond acceptors (Lipinski definition) is 5. The Bertz CT molecular complexity index is 1510. The van der Waals surface area contributed by atoms with Crippen LogP contribution < -0.4 is 10.8 Å². The van der Waals surface area contributed by atoms with Gasteiger partial charge in [-0.2, -0.15) is 27.1 Å². The van der Waals surface area contributed by atoms with Crippen LogP contribution >= 0.6 is 11.6 Å². The number of piperidine rings is 1. The largest absolute Gasteiger partial charge is 0.416 e. The molecule has 0 saturated carbocycles. The van der Waals surface area contributed by atoms with Crippen molar-refractivity contribution >= 4 is 52.0 Å². The molecule has 7 nitrogen and oxygen atoms in total. The van der Waals surface area contributed by atoms with Crippen LogP contribution in [0, 0.1) is 5.92 Å². The zero-order valence-electron chi connectivity index (χ0n) is 20.2. The fourth-order valence-corrected chi connectivity index (χ4v) is 6.41. The third-order valence-corrected chi connectivity index (χ3v) is 9.15. The molecule has 2 aromatic heterocycles. The summed E-state index contributed by atoms with van der Waals surface area (Å²) in [5, 5.41) is 8.47. The van der Waals surface area contributed by atoms with Gasteiger partial charge in [0.1, 0.15) is 13.7 Å². The van der Waals surface area contributed by atoms with E-state index in [2.05, 4.69) is 15.4 Å². The first kappa shape index (κ1) is 26.8. The highest BCUT2D eigenvalue weighted by Gasteiger charge is 2.33. The minimum atomic E-state index is -4.52. The SMILES string of the molecule is [B]c1cnn2c(NCC3CCN(S(=O)(=O)c4ccc(C(F)(F)F)cc4)CC3)cc(C3=C(Cl)CCC=C3)nc12. The van der Waals surface area contributed by atoms with Gasteiger partial charge in [-0.1, -0.05) is 23.8 Å². The number of benzene rings is 1. The second-order valence-corrected chi connectivity index (χ2v) is 11.8. The number of rotatable bonds is 6. The summed E-state index contributed by atoms with van der Waals surface area (Å²) in [4.78, 5) is 4.51. The lowest BCUT2D eigenvalue weighted by atomic mass is 9.98. The van der Waals surface area contributed by atoms with Crippen molar-refractivity contribution in [3.05, 3.63) is 65.0 Å². The Kier molecular flexibility index (Phi) is 7.32. The highest BCUT2D eigenvalue weighted by Crippen LogP contribution is 2.32. The van der Waals surface area contributed by atoms with Crippen molar-refractivity contribution in [1.29, 1.82) is 0 Å². The molecular weight excluding hydrogens is 538 g/mol. The van der Waals surface area contributed by atoms with Gasteiger partial charge in [0.15, 0.2) is 5.65 Å². The lowest BCUT2D eigenvalue weighted by Crippen LogP contribution is -2.39. The van der Waals surface area contributed by atoms with E-state index in [1.54, 1.807) is 4.52 Å². The van der Waals surface area contributed by atoms with Gasteiger partial charge in [-0.05, 0) is 61.3 Å². The second kappa shape index (κ2) is 10.4. The molecule has 3 aromatic rings. The molecular formula is C25H24BClF3N5O2S. The third kappa shape index (κ3) is 5.34. The molecule has 0 amide bonds. The van der Waals surface area contributed by atoms with E-state index < -0.39 is 21.8 Å². The molecule has 1 aliphatic heterocycles. The van der Waals surface area contributed by atoms with Crippen LogP contribution in [0.15, 0.2) is 58.6 Å². The lowest BCUT2D eigenvalue weighted by Gasteiger charge is -2.31. The average Bonchev–Trinajstić information content (AvgIpc) is 3.28. The number of fused-ring (bicyclic) bond motifs is 1. The van der Waals surface area contributed by atoms with E-state index in [-0.39, 0.29) is 23.9 Å². The normalized spacial score (nSPS) is 17.9. The average molecular weight is 562 g/mol. The summed E-state index contributed by atoms with van der Waals surface area (Å²) in [7, 11) is 2.21. The van der Waals surface area contributed by atoms with E-state index in [4.69, 9.17) is 19.4 Å². The first-order chi connectivity index (χ1) is 18.0. The Labute approximate surface area is 224 Å². The molecule has 38 heavy (non-hydrogen) atoms. The number of sulfonamides is 1. The summed E-state index contributed by atoms with van der Waals surface area (Å²) in [5.74, 6) is 0.864. The highest BCUT2D eigenvalue weighted by molar-refractivity contribution is 7.89. The van der Waals surface area contributed by atoms with Gasteiger partial charge in [-0.3, -0.25) is 0 Å². The first-order valence-corrected chi connectivity index (χ1v) is 14.0. The minimum Gasteiger partial charge on any atom is -0.370 e. The molecule has 1 fully saturated rings. The van der Waals surface area contributed by atoms with Crippen LogP contribution in [0.1, 0.15) is 36.9 Å². The van der Waals surface area contributed by atoms with Crippen molar-refractivity contribution in [3.8, 4) is 0 Å². The summed E-state index contributed by atoms with van der Waals surface area (Å²) < 4.78 is 67.4. The predicted octanol–water partition coefficient (Wildman–Crippen LogP) is 4.35. The topological polar surface area (TPSA) is 79.6 Å². The van der Waals surface area contributed by atoms with Crippen molar-refractivity contribution in [2.24, 2.45) is 5.92 Å². The van der Waals surface area contributed by atoms with Crippen molar-refractivity contribution in [1.82, 2.24) is 18.9 Å². The van der Waals surface area contributed by atoms with Crippen LogP contribution in [0.3, 0.4) is 0 Å². The van der Waals surface area contributed by atoms with Gasteiger partial charge >= 0.3 is 6.18 Å². The van der Waals surface area contributed by atoms with Gasteiger partial charge < -0.3 is 5.32 Å². The maximum Gasteiger partial charge on any atom is 0.416 e. The van der Waals surface area contributed by atoms with Gasteiger partial charge in [0.05, 0.1) is 16.2 Å². The van der Waals surface area contributed by atoms with Crippen molar-refractivity contribution < 1.29 is 21.6 Å². The summed E-state index contributed by atoms with van der Waals surface area (Å²) in [6.07, 6.45) is 3.81. The quantitative estimate of drug-likeness (QED) is 0.453. The van der Waals surface area contributed by atoms with Crippen LogP contribution in [0.5, 0.6) is 0 Å². The van der Waals surface area contributed by atoms with Crippen molar-refractivity contribution in [2.75, 3.05) is 25.0 Å². The van der Waals surface area contributed by atoms with Crippen LogP contribution in [0.25, 0.3) is 11.2 Å². The van der Waals surface area contributed by atoms with Crippen LogP contribution in [0.2, 0.25) is 0 Å². The number of aromatic nitrogens is 3. The van der Waals surface area contributed by atoms with E-state index >= 15 is 0 Å². The van der Waals surface area contributed by atoms with Gasteiger partial charge in [0.25, 0.3) is 0 Å². The van der Waals surface area contributed by atoms with Gasteiger partial charge in [0, 0.05) is 42.5 Å². The molecule has 13 heteroatoms. The Balaban J connectivity index is 1.26. The number of nitrogens with zero attached hydrogens (tertiary/aromatic N) is 4. The fourth-order valence-electron chi connectivity index (χ4n) is 4.67. The standard InChI is InChI=1S/C25H24BClF3N5O2S/c26-20-15-32-35-23(13-22(33-24(20)35)19-3-1-2-4-21(19)27)31-14-16-9-11-34(12-10-16)38(36,37)18-7-5-17(6-8-18)25(28,29)30/h1,3,5-8,13,15-16,31H,2,4,9-12,14H2. The smallest absolute Gasteiger partial charge is 0.370 e. The summed E-state index contributed by atoms with van der Waals surface area (Å²) in [6, 6.07) is 5.48. The predicted molar refractivity (Wildman–Crippen MR) is 141 cm³/mol. The molecule has 0 atom stereocenters. The molecule has 1 saturated heterocycles. The monoisotopic (exact) mass is 561 g/mol. The van der Waals surface area contributed by atoms with Crippen LogP contribution in [0.4, 0.5) is 19.0 Å². The Hall–Kier alpha value is -2.83. The fraction of sp³-hybridized carbons (Fsp3) is 0.360. The minimum absolute atomic E-state index is 0.144. The second-order valence-electron chi connectivity index (χ2n) is 9.37. The molecule has 1 aromatic carbocycles. The molecule has 3 heterocycles. The Morgan fingerprint density at radius 1 is 1.16 bits per heavy atom. The molecule has 1 aliphatic carbocycles. The first-order valence-electron chi connectivity index (χ1n) is 12.1. The molecule has 5 rings (SSSR count). The number of halogens is 4. The van der Waals surface area contributed by atoms with Crippen LogP contribution in [-0.2, 0) is 16.2 Å². The number of hydrogen-bond donors (Lipinski definition) is 1. The number of allylic oxidation sites excluding steroid dienone is 4. The zero-order valence-corrected chi connectivity index (χ0v) is 21.8. The molecule has 2 radical (unpaired) electrons. The molecule has 198 valence electrons. The summed E-state index contributed by atoms with van der Waals surface area (Å²) >= 11 is 6.47. The van der Waals surface area contributed by atoms with E-state index in [0.29, 0.717) is 42.0 Å².